The average molecular weight is 633 g/mol. The SMILES string of the molecule is NS(=O)(=O)C(=CO)c1ccc(-n2cc(-c3cc(OCCO)nc(N4CCC(F)(F)CC4)n3)nn2)c(N2CCC3(CC2)CC3)c1. The Morgan fingerprint density at radius 1 is 0.977 bits per heavy atom. The number of halogens is 2. The molecule has 44 heavy (non-hydrogen) atoms. The molecule has 1 spiro atoms. The van der Waals surface area contributed by atoms with Gasteiger partial charge in [-0.3, -0.25) is 0 Å². The van der Waals surface area contributed by atoms with Crippen molar-refractivity contribution in [3.8, 4) is 23.0 Å². The normalized spacial score (nSPS) is 19.8. The van der Waals surface area contributed by atoms with Gasteiger partial charge in [-0.2, -0.15) is 4.98 Å². The van der Waals surface area contributed by atoms with Crippen LogP contribution >= 0.6 is 0 Å². The van der Waals surface area contributed by atoms with Crippen LogP contribution in [0.1, 0.15) is 44.1 Å². The fraction of sp³-hybridized carbons (Fsp3) is 0.500. The van der Waals surface area contributed by atoms with Crippen LogP contribution in [-0.2, 0) is 10.0 Å². The van der Waals surface area contributed by atoms with Crippen molar-refractivity contribution in [3.05, 3.63) is 42.3 Å². The van der Waals surface area contributed by atoms with E-state index in [1.165, 1.54) is 18.9 Å². The molecule has 0 atom stereocenters. The molecule has 13 nitrogen and oxygen atoms in total. The molecule has 16 heteroatoms. The number of aliphatic hydroxyl groups excluding tert-OH is 2. The number of benzene rings is 1. The summed E-state index contributed by atoms with van der Waals surface area (Å²) in [6.07, 6.45) is 5.96. The Morgan fingerprint density at radius 3 is 2.32 bits per heavy atom. The predicted octanol–water partition coefficient (Wildman–Crippen LogP) is 2.86. The van der Waals surface area contributed by atoms with E-state index in [0.717, 1.165) is 25.9 Å². The second-order valence-corrected chi connectivity index (χ2v) is 13.1. The summed E-state index contributed by atoms with van der Waals surface area (Å²) in [6, 6.07) is 6.44. The summed E-state index contributed by atoms with van der Waals surface area (Å²) in [5, 5.41) is 33.0. The van der Waals surface area contributed by atoms with Crippen LogP contribution in [0.5, 0.6) is 5.88 Å². The molecule has 236 valence electrons. The molecule has 1 aromatic carbocycles. The first-order valence-electron chi connectivity index (χ1n) is 14.4. The first kappa shape index (κ1) is 30.1. The lowest BCUT2D eigenvalue weighted by Crippen LogP contribution is -2.40. The van der Waals surface area contributed by atoms with Gasteiger partial charge in [0.05, 0.1) is 30.4 Å². The minimum absolute atomic E-state index is 0.0176. The van der Waals surface area contributed by atoms with Crippen LogP contribution in [0.15, 0.2) is 36.7 Å². The third-order valence-electron chi connectivity index (χ3n) is 8.62. The van der Waals surface area contributed by atoms with Crippen LogP contribution in [0.25, 0.3) is 22.0 Å². The Labute approximate surface area is 253 Å². The zero-order valence-corrected chi connectivity index (χ0v) is 24.8. The number of hydrogen-bond donors (Lipinski definition) is 3. The predicted molar refractivity (Wildman–Crippen MR) is 158 cm³/mol. The Bertz CT molecular complexity index is 1660. The molecule has 0 bridgehead atoms. The van der Waals surface area contributed by atoms with Crippen LogP contribution in [0.4, 0.5) is 20.4 Å². The average Bonchev–Trinajstić information content (AvgIpc) is 3.55. The van der Waals surface area contributed by atoms with Gasteiger partial charge >= 0.3 is 0 Å². The van der Waals surface area contributed by atoms with E-state index in [0.29, 0.717) is 34.4 Å². The maximum atomic E-state index is 13.8. The molecule has 0 radical (unpaired) electrons. The lowest BCUT2D eigenvalue weighted by molar-refractivity contribution is -0.0222. The third kappa shape index (κ3) is 6.32. The fourth-order valence-electron chi connectivity index (χ4n) is 5.78. The molecular formula is C28H34F2N8O5S. The molecule has 0 amide bonds. The van der Waals surface area contributed by atoms with E-state index < -0.39 is 20.9 Å². The van der Waals surface area contributed by atoms with E-state index in [1.807, 2.05) is 0 Å². The number of hydrogen-bond acceptors (Lipinski definition) is 11. The molecule has 2 aliphatic heterocycles. The summed E-state index contributed by atoms with van der Waals surface area (Å²) in [6.45, 7) is 1.41. The number of nitrogens with zero attached hydrogens (tertiary/aromatic N) is 7. The van der Waals surface area contributed by atoms with E-state index in [-0.39, 0.29) is 56.5 Å². The standard InChI is InChI=1S/C28H34F2N8O5S/c29-28(30)7-11-37(12-8-28)26-32-20(16-25(33-26)43-14-13-39)21-17-38(35-34-21)22-2-1-19(24(18-40)44(31,41)42)15-23(22)36-9-5-27(3-4-27)6-10-36/h1-2,15-18,39-40H,3-14H2,(H2,31,41,42). The van der Waals surface area contributed by atoms with Gasteiger partial charge in [-0.05, 0) is 48.8 Å². The van der Waals surface area contributed by atoms with Crippen molar-refractivity contribution in [2.75, 3.05) is 49.2 Å². The highest BCUT2D eigenvalue weighted by Gasteiger charge is 2.44. The second kappa shape index (κ2) is 11.6. The second-order valence-electron chi connectivity index (χ2n) is 11.6. The molecule has 2 aromatic heterocycles. The lowest BCUT2D eigenvalue weighted by atomic mass is 9.93. The van der Waals surface area contributed by atoms with Gasteiger partial charge in [0, 0.05) is 45.1 Å². The molecule has 4 heterocycles. The van der Waals surface area contributed by atoms with E-state index in [9.17, 15) is 27.4 Å². The van der Waals surface area contributed by atoms with Gasteiger partial charge in [-0.1, -0.05) is 11.3 Å². The highest BCUT2D eigenvalue weighted by molar-refractivity contribution is 7.98. The molecule has 4 N–H and O–H groups in total. The molecule has 0 unspecified atom stereocenters. The van der Waals surface area contributed by atoms with Crippen LogP contribution in [0, 0.1) is 5.41 Å². The molecule has 1 aliphatic carbocycles. The van der Waals surface area contributed by atoms with Gasteiger partial charge < -0.3 is 24.7 Å². The maximum Gasteiger partial charge on any atom is 0.251 e. The summed E-state index contributed by atoms with van der Waals surface area (Å²) in [4.78, 5) is 12.4. The van der Waals surface area contributed by atoms with Crippen molar-refractivity contribution < 1.29 is 32.1 Å². The van der Waals surface area contributed by atoms with Crippen LogP contribution < -0.4 is 19.7 Å². The first-order valence-corrected chi connectivity index (χ1v) is 16.0. The molecule has 1 saturated carbocycles. The number of alkyl halides is 2. The minimum atomic E-state index is -4.19. The number of ether oxygens (including phenoxy) is 1. The van der Waals surface area contributed by atoms with Crippen LogP contribution in [0.2, 0.25) is 0 Å². The van der Waals surface area contributed by atoms with Crippen molar-refractivity contribution in [2.24, 2.45) is 10.6 Å². The quantitative estimate of drug-likeness (QED) is 0.296. The highest BCUT2D eigenvalue weighted by atomic mass is 32.2. The van der Waals surface area contributed by atoms with Gasteiger partial charge in [0.2, 0.25) is 21.9 Å². The molecule has 6 rings (SSSR count). The fourth-order valence-corrected chi connectivity index (χ4v) is 6.38. The number of aromatic nitrogens is 5. The summed E-state index contributed by atoms with van der Waals surface area (Å²) in [5.41, 5.74) is 2.65. The van der Waals surface area contributed by atoms with Crippen LogP contribution in [0.3, 0.4) is 0 Å². The number of anilines is 2. The van der Waals surface area contributed by atoms with Gasteiger partial charge in [-0.15, -0.1) is 5.10 Å². The smallest absolute Gasteiger partial charge is 0.251 e. The van der Waals surface area contributed by atoms with Gasteiger partial charge in [0.1, 0.15) is 22.9 Å². The summed E-state index contributed by atoms with van der Waals surface area (Å²) in [5.74, 6) is -2.38. The zero-order chi connectivity index (χ0) is 31.1. The lowest BCUT2D eigenvalue weighted by Gasteiger charge is -2.35. The molecule has 2 saturated heterocycles. The molecule has 3 aliphatic rings. The third-order valence-corrected chi connectivity index (χ3v) is 9.57. The van der Waals surface area contributed by atoms with E-state index in [2.05, 4.69) is 25.2 Å². The maximum absolute atomic E-state index is 13.8. The number of nitrogens with two attached hydrogens (primary N) is 1. The Balaban J connectivity index is 1.36. The topological polar surface area (TPSA) is 173 Å². The highest BCUT2D eigenvalue weighted by Crippen LogP contribution is 2.54. The Morgan fingerprint density at radius 2 is 1.68 bits per heavy atom. The van der Waals surface area contributed by atoms with Crippen molar-refractivity contribution in [1.82, 2.24) is 25.0 Å². The summed E-state index contributed by atoms with van der Waals surface area (Å²) in [7, 11) is -4.19. The number of primary sulfonamides is 1. The van der Waals surface area contributed by atoms with E-state index in [4.69, 9.17) is 9.88 Å². The summed E-state index contributed by atoms with van der Waals surface area (Å²) >= 11 is 0. The molecule has 3 aromatic rings. The van der Waals surface area contributed by atoms with Crippen molar-refractivity contribution in [2.45, 2.75) is 44.4 Å². The molecular weight excluding hydrogens is 598 g/mol. The molecule has 3 fully saturated rings. The van der Waals surface area contributed by atoms with E-state index >= 15 is 0 Å². The monoisotopic (exact) mass is 632 g/mol. The van der Waals surface area contributed by atoms with Crippen molar-refractivity contribution in [1.29, 1.82) is 0 Å². The number of piperidine rings is 2. The number of sulfonamides is 1. The van der Waals surface area contributed by atoms with Gasteiger partial charge in [0.15, 0.2) is 0 Å². The number of aliphatic hydroxyl groups is 2. The first-order chi connectivity index (χ1) is 21.0. The van der Waals surface area contributed by atoms with Crippen molar-refractivity contribution >= 4 is 26.6 Å². The summed E-state index contributed by atoms with van der Waals surface area (Å²) < 4.78 is 59.0. The van der Waals surface area contributed by atoms with Gasteiger partial charge in [-0.25, -0.2) is 32.0 Å². The zero-order valence-electron chi connectivity index (χ0n) is 23.9. The number of rotatable bonds is 9. The van der Waals surface area contributed by atoms with E-state index in [1.54, 1.807) is 34.0 Å². The largest absolute Gasteiger partial charge is 0.514 e. The van der Waals surface area contributed by atoms with Gasteiger partial charge in [0.25, 0.3) is 5.92 Å². The van der Waals surface area contributed by atoms with Crippen molar-refractivity contribution in [3.63, 3.8) is 0 Å². The van der Waals surface area contributed by atoms with Crippen LogP contribution in [-0.4, -0.2) is 88.9 Å². The Hall–Kier alpha value is -3.89. The minimum Gasteiger partial charge on any atom is -0.514 e. The Kier molecular flexibility index (Phi) is 7.92.